The van der Waals surface area contributed by atoms with E-state index in [1.54, 1.807) is 0 Å². The summed E-state index contributed by atoms with van der Waals surface area (Å²) in [6.07, 6.45) is 4.53. The summed E-state index contributed by atoms with van der Waals surface area (Å²) in [4.78, 5) is 24.5. The van der Waals surface area contributed by atoms with Crippen molar-refractivity contribution in [2.24, 2.45) is 0 Å². The number of amides is 1. The van der Waals surface area contributed by atoms with Crippen LogP contribution in [-0.4, -0.2) is 22.4 Å². The summed E-state index contributed by atoms with van der Waals surface area (Å²) >= 11 is 0. The number of nitrogens with zero attached hydrogens (tertiary/aromatic N) is 3. The molecule has 0 saturated carbocycles. The van der Waals surface area contributed by atoms with E-state index in [4.69, 9.17) is 9.97 Å². The quantitative estimate of drug-likeness (QED) is 0.287. The van der Waals surface area contributed by atoms with Gasteiger partial charge in [-0.3, -0.25) is 9.78 Å². The van der Waals surface area contributed by atoms with Crippen LogP contribution < -0.4 is 10.2 Å². The zero-order chi connectivity index (χ0) is 25.0. The van der Waals surface area contributed by atoms with Crippen LogP contribution in [-0.2, 0) is 11.2 Å². The molecular formula is C32H28N4O. The van der Waals surface area contributed by atoms with Gasteiger partial charge in [0.2, 0.25) is 5.91 Å². The molecule has 5 aromatic rings. The molecule has 1 N–H and O–H groups in total. The highest BCUT2D eigenvalue weighted by Gasteiger charge is 2.27. The summed E-state index contributed by atoms with van der Waals surface area (Å²) in [6, 6.07) is 34.9. The van der Waals surface area contributed by atoms with Crippen molar-refractivity contribution in [3.63, 3.8) is 0 Å². The molecule has 37 heavy (non-hydrogen) atoms. The lowest BCUT2D eigenvalue weighted by atomic mass is 10.0. The lowest BCUT2D eigenvalue weighted by Gasteiger charge is -2.26. The van der Waals surface area contributed by atoms with E-state index in [0.29, 0.717) is 12.5 Å². The molecule has 1 aromatic heterocycles. The number of carbonyl (C=O) groups is 1. The summed E-state index contributed by atoms with van der Waals surface area (Å²) in [5, 5.41) is 2.99. The molecule has 0 aliphatic carbocycles. The topological polar surface area (TPSA) is 58.1 Å². The SMILES string of the molecule is O=C(Cc1ccccc1)Nc1ccc(-c2ccc3ncc(N4CCCC4c4ccccc4)nc3c2)cc1. The summed E-state index contributed by atoms with van der Waals surface area (Å²) in [5.74, 6) is 0.899. The van der Waals surface area contributed by atoms with Crippen molar-refractivity contribution >= 4 is 28.4 Å². The highest BCUT2D eigenvalue weighted by atomic mass is 16.1. The van der Waals surface area contributed by atoms with Crippen LogP contribution in [0.15, 0.2) is 109 Å². The Labute approximate surface area is 216 Å². The fourth-order valence-corrected chi connectivity index (χ4v) is 5.11. The zero-order valence-electron chi connectivity index (χ0n) is 20.5. The molecule has 1 atom stereocenters. The number of nitrogens with one attached hydrogen (secondary N) is 1. The minimum absolute atomic E-state index is 0.0248. The summed E-state index contributed by atoms with van der Waals surface area (Å²) < 4.78 is 0. The fourth-order valence-electron chi connectivity index (χ4n) is 5.11. The van der Waals surface area contributed by atoms with Crippen LogP contribution in [0.1, 0.15) is 30.0 Å². The van der Waals surface area contributed by atoms with Crippen LogP contribution >= 0.6 is 0 Å². The smallest absolute Gasteiger partial charge is 0.228 e. The predicted octanol–water partition coefficient (Wildman–Crippen LogP) is 6.82. The Kier molecular flexibility index (Phi) is 6.34. The van der Waals surface area contributed by atoms with Crippen LogP contribution in [0, 0.1) is 0 Å². The standard InChI is InChI=1S/C32H28N4O/c37-32(20-23-8-3-1-4-9-23)34-27-16-13-24(14-17-27)26-15-18-28-29(21-26)35-31(22-33-28)36-19-7-12-30(36)25-10-5-2-6-11-25/h1-6,8-11,13-18,21-22,30H,7,12,19-20H2,(H,34,37). The third-order valence-corrected chi connectivity index (χ3v) is 6.97. The van der Waals surface area contributed by atoms with Gasteiger partial charge in [0, 0.05) is 12.2 Å². The van der Waals surface area contributed by atoms with E-state index in [0.717, 1.165) is 58.6 Å². The Morgan fingerprint density at radius 1 is 0.838 bits per heavy atom. The minimum Gasteiger partial charge on any atom is -0.348 e. The lowest BCUT2D eigenvalue weighted by Crippen LogP contribution is -2.23. The zero-order valence-corrected chi connectivity index (χ0v) is 20.5. The average Bonchev–Trinajstić information content (AvgIpc) is 3.44. The molecule has 1 amide bonds. The van der Waals surface area contributed by atoms with Crippen LogP contribution in [0.25, 0.3) is 22.2 Å². The molecule has 1 fully saturated rings. The van der Waals surface area contributed by atoms with Gasteiger partial charge >= 0.3 is 0 Å². The van der Waals surface area contributed by atoms with Crippen molar-refractivity contribution in [3.8, 4) is 11.1 Å². The van der Waals surface area contributed by atoms with Crippen LogP contribution in [0.4, 0.5) is 11.5 Å². The van der Waals surface area contributed by atoms with E-state index < -0.39 is 0 Å². The Morgan fingerprint density at radius 3 is 2.35 bits per heavy atom. The van der Waals surface area contributed by atoms with Crippen molar-refractivity contribution in [3.05, 3.63) is 120 Å². The monoisotopic (exact) mass is 484 g/mol. The van der Waals surface area contributed by atoms with Gasteiger partial charge in [-0.2, -0.15) is 0 Å². The Bertz CT molecular complexity index is 1520. The Hall–Kier alpha value is -4.51. The molecule has 4 aromatic carbocycles. The largest absolute Gasteiger partial charge is 0.348 e. The predicted molar refractivity (Wildman–Crippen MR) is 150 cm³/mol. The van der Waals surface area contributed by atoms with Gasteiger partial charge in [0.05, 0.1) is 29.7 Å². The second-order valence-corrected chi connectivity index (χ2v) is 9.48. The van der Waals surface area contributed by atoms with E-state index in [1.807, 2.05) is 66.9 Å². The fraction of sp³-hybridized carbons (Fsp3) is 0.156. The number of hydrogen-bond donors (Lipinski definition) is 1. The number of benzene rings is 4. The van der Waals surface area contributed by atoms with Gasteiger partial charge in [0.1, 0.15) is 5.82 Å². The highest BCUT2D eigenvalue weighted by molar-refractivity contribution is 5.92. The maximum atomic E-state index is 12.4. The van der Waals surface area contributed by atoms with Gasteiger partial charge in [-0.25, -0.2) is 4.98 Å². The molecule has 1 unspecified atom stereocenters. The first-order valence-corrected chi connectivity index (χ1v) is 12.8. The number of carbonyl (C=O) groups excluding carboxylic acids is 1. The molecule has 6 rings (SSSR count). The first-order valence-electron chi connectivity index (χ1n) is 12.8. The molecule has 1 aliphatic heterocycles. The molecule has 1 aliphatic rings. The van der Waals surface area contributed by atoms with Crippen LogP contribution in [0.3, 0.4) is 0 Å². The van der Waals surface area contributed by atoms with E-state index in [-0.39, 0.29) is 5.91 Å². The molecule has 182 valence electrons. The Balaban J connectivity index is 1.20. The van der Waals surface area contributed by atoms with Gasteiger partial charge in [-0.15, -0.1) is 0 Å². The summed E-state index contributed by atoms with van der Waals surface area (Å²) in [6.45, 7) is 0.983. The number of aromatic nitrogens is 2. The van der Waals surface area contributed by atoms with Crippen molar-refractivity contribution in [2.75, 3.05) is 16.8 Å². The number of rotatable bonds is 6. The second kappa shape index (κ2) is 10.2. The van der Waals surface area contributed by atoms with E-state index in [1.165, 1.54) is 5.56 Å². The van der Waals surface area contributed by atoms with Crippen LogP contribution in [0.2, 0.25) is 0 Å². The van der Waals surface area contributed by atoms with Crippen molar-refractivity contribution < 1.29 is 4.79 Å². The highest BCUT2D eigenvalue weighted by Crippen LogP contribution is 2.35. The van der Waals surface area contributed by atoms with Crippen molar-refractivity contribution in [2.45, 2.75) is 25.3 Å². The molecule has 0 radical (unpaired) electrons. The number of fused-ring (bicyclic) bond motifs is 1. The summed E-state index contributed by atoms with van der Waals surface area (Å²) in [5.41, 5.74) is 7.01. The molecular weight excluding hydrogens is 456 g/mol. The van der Waals surface area contributed by atoms with Crippen LogP contribution in [0.5, 0.6) is 0 Å². The molecule has 0 bridgehead atoms. The summed E-state index contributed by atoms with van der Waals surface area (Å²) in [7, 11) is 0. The molecule has 5 nitrogen and oxygen atoms in total. The molecule has 2 heterocycles. The third kappa shape index (κ3) is 5.07. The third-order valence-electron chi connectivity index (χ3n) is 6.97. The first-order chi connectivity index (χ1) is 18.2. The van der Waals surface area contributed by atoms with Gasteiger partial charge < -0.3 is 10.2 Å². The van der Waals surface area contributed by atoms with Crippen molar-refractivity contribution in [1.82, 2.24) is 9.97 Å². The maximum Gasteiger partial charge on any atom is 0.228 e. The average molecular weight is 485 g/mol. The lowest BCUT2D eigenvalue weighted by molar-refractivity contribution is -0.115. The Morgan fingerprint density at radius 2 is 1.57 bits per heavy atom. The van der Waals surface area contributed by atoms with E-state index >= 15 is 0 Å². The molecule has 1 saturated heterocycles. The number of anilines is 2. The maximum absolute atomic E-state index is 12.4. The second-order valence-electron chi connectivity index (χ2n) is 9.48. The minimum atomic E-state index is -0.0248. The van der Waals surface area contributed by atoms with E-state index in [2.05, 4.69) is 52.7 Å². The first kappa shape index (κ1) is 22.9. The molecule has 5 heteroatoms. The van der Waals surface area contributed by atoms with E-state index in [9.17, 15) is 4.79 Å². The molecule has 0 spiro atoms. The normalized spacial score (nSPS) is 15.1. The van der Waals surface area contributed by atoms with Gasteiger partial charge in [0.25, 0.3) is 0 Å². The van der Waals surface area contributed by atoms with Gasteiger partial charge in [-0.05, 0) is 59.4 Å². The van der Waals surface area contributed by atoms with Gasteiger partial charge in [0.15, 0.2) is 0 Å². The number of hydrogen-bond acceptors (Lipinski definition) is 4. The van der Waals surface area contributed by atoms with Crippen molar-refractivity contribution in [1.29, 1.82) is 0 Å². The van der Waals surface area contributed by atoms with Gasteiger partial charge in [-0.1, -0.05) is 78.9 Å².